The quantitative estimate of drug-likeness (QED) is 0.643. The van der Waals surface area contributed by atoms with E-state index in [1.807, 2.05) is 6.07 Å². The first-order chi connectivity index (χ1) is 6.84. The summed E-state index contributed by atoms with van der Waals surface area (Å²) in [5.41, 5.74) is 1.25. The number of aryl methyl sites for hydroxylation is 1. The van der Waals surface area contributed by atoms with Crippen LogP contribution >= 0.6 is 15.9 Å². The molecule has 1 aromatic heterocycles. The number of unbranched alkanes of at least 4 members (excludes halogenated alkanes) is 5. The molecule has 0 aliphatic carbocycles. The molecule has 0 aliphatic heterocycles. The van der Waals surface area contributed by atoms with Crippen molar-refractivity contribution in [1.29, 1.82) is 0 Å². The lowest BCUT2D eigenvalue weighted by molar-refractivity contribution is 0.526. The second kappa shape index (κ2) is 7.10. The van der Waals surface area contributed by atoms with E-state index in [1.54, 1.807) is 0 Å². The van der Waals surface area contributed by atoms with Crippen molar-refractivity contribution < 1.29 is 4.42 Å². The Hall–Kier alpha value is -0.240. The first-order valence-electron chi connectivity index (χ1n) is 5.49. The van der Waals surface area contributed by atoms with Gasteiger partial charge in [-0.3, -0.25) is 0 Å². The van der Waals surface area contributed by atoms with E-state index in [-0.39, 0.29) is 0 Å². The number of hydrogen-bond acceptors (Lipinski definition) is 1. The molecule has 14 heavy (non-hydrogen) atoms. The fourth-order valence-corrected chi connectivity index (χ4v) is 1.95. The normalized spacial score (nSPS) is 10.7. The predicted molar refractivity (Wildman–Crippen MR) is 62.3 cm³/mol. The van der Waals surface area contributed by atoms with E-state index in [1.165, 1.54) is 44.1 Å². The molecule has 0 spiro atoms. The van der Waals surface area contributed by atoms with E-state index in [9.17, 15) is 0 Å². The summed E-state index contributed by atoms with van der Waals surface area (Å²) in [5.74, 6) is 0. The Kier molecular flexibility index (Phi) is 6.00. The molecule has 0 saturated heterocycles. The van der Waals surface area contributed by atoms with E-state index >= 15 is 0 Å². The Balaban J connectivity index is 2.02. The summed E-state index contributed by atoms with van der Waals surface area (Å²) in [6.45, 7) is 2.25. The predicted octanol–water partition coefficient (Wildman–Crippen LogP) is 4.75. The van der Waals surface area contributed by atoms with Crippen molar-refractivity contribution in [3.63, 3.8) is 0 Å². The van der Waals surface area contributed by atoms with Crippen LogP contribution in [0.1, 0.15) is 51.0 Å². The molecular weight excluding hydrogens is 240 g/mol. The van der Waals surface area contributed by atoms with Crippen LogP contribution in [0.5, 0.6) is 0 Å². The fourth-order valence-electron chi connectivity index (χ4n) is 1.54. The second-order valence-electron chi connectivity index (χ2n) is 3.68. The second-order valence-corrected chi connectivity index (χ2v) is 4.40. The molecule has 1 radical (unpaired) electrons. The molecule has 0 saturated carbocycles. The molecule has 0 N–H and O–H groups in total. The zero-order chi connectivity index (χ0) is 10.2. The molecular formula is C12H18BrO. The maximum atomic E-state index is 5.05. The van der Waals surface area contributed by atoms with Gasteiger partial charge >= 0.3 is 0 Å². The number of rotatable bonds is 7. The topological polar surface area (TPSA) is 13.1 Å². The summed E-state index contributed by atoms with van der Waals surface area (Å²) >= 11 is 3.36. The van der Waals surface area contributed by atoms with Crippen molar-refractivity contribution in [2.24, 2.45) is 0 Å². The zero-order valence-corrected chi connectivity index (χ0v) is 10.4. The van der Waals surface area contributed by atoms with E-state index in [2.05, 4.69) is 29.1 Å². The van der Waals surface area contributed by atoms with Crippen molar-refractivity contribution >= 4 is 15.9 Å². The molecule has 1 heterocycles. The van der Waals surface area contributed by atoms with E-state index in [4.69, 9.17) is 4.42 Å². The largest absolute Gasteiger partial charge is 0.446 e. The molecule has 0 bridgehead atoms. The van der Waals surface area contributed by atoms with Crippen LogP contribution in [0.2, 0.25) is 0 Å². The summed E-state index contributed by atoms with van der Waals surface area (Å²) in [7, 11) is 0. The van der Waals surface area contributed by atoms with E-state index in [0.717, 1.165) is 11.1 Å². The fraction of sp³-hybridized carbons (Fsp3) is 0.667. The molecule has 1 aromatic rings. The van der Waals surface area contributed by atoms with Crippen LogP contribution in [0.15, 0.2) is 15.2 Å². The Labute approximate surface area is 95.0 Å². The standard InChI is InChI=1S/C12H18BrO/c1-2-3-4-5-6-7-8-11-9-10-14-12(11)13/h9H,2-8H2,1H3. The minimum atomic E-state index is 0.853. The molecule has 0 amide bonds. The third-order valence-corrected chi connectivity index (χ3v) is 3.10. The average Bonchev–Trinajstić information content (AvgIpc) is 2.58. The van der Waals surface area contributed by atoms with Gasteiger partial charge in [-0.25, -0.2) is 0 Å². The number of hydrogen-bond donors (Lipinski definition) is 0. The van der Waals surface area contributed by atoms with Gasteiger partial charge in [-0.05, 0) is 34.8 Å². The summed E-state index contributed by atoms with van der Waals surface area (Å²) in [6.07, 6.45) is 11.9. The summed E-state index contributed by atoms with van der Waals surface area (Å²) in [4.78, 5) is 0. The smallest absolute Gasteiger partial charge is 0.173 e. The number of halogens is 1. The molecule has 0 atom stereocenters. The Morgan fingerprint density at radius 1 is 1.21 bits per heavy atom. The van der Waals surface area contributed by atoms with Gasteiger partial charge in [0.15, 0.2) is 10.9 Å². The Morgan fingerprint density at radius 2 is 1.93 bits per heavy atom. The van der Waals surface area contributed by atoms with Crippen molar-refractivity contribution in [3.05, 3.63) is 22.6 Å². The third-order valence-electron chi connectivity index (χ3n) is 2.43. The molecule has 0 aromatic carbocycles. The molecule has 0 fully saturated rings. The lowest BCUT2D eigenvalue weighted by atomic mass is 10.1. The monoisotopic (exact) mass is 257 g/mol. The van der Waals surface area contributed by atoms with Gasteiger partial charge in [0, 0.05) is 5.56 Å². The molecule has 0 unspecified atom stereocenters. The highest BCUT2D eigenvalue weighted by Gasteiger charge is 2.01. The zero-order valence-electron chi connectivity index (χ0n) is 8.81. The van der Waals surface area contributed by atoms with Gasteiger partial charge in [0.05, 0.1) is 0 Å². The molecule has 0 aliphatic rings. The van der Waals surface area contributed by atoms with Gasteiger partial charge < -0.3 is 4.42 Å². The summed E-state index contributed by atoms with van der Waals surface area (Å²) in [5, 5.41) is 0. The Morgan fingerprint density at radius 3 is 2.57 bits per heavy atom. The molecule has 1 nitrogen and oxygen atoms in total. The minimum absolute atomic E-state index is 0.853. The van der Waals surface area contributed by atoms with Gasteiger partial charge in [-0.2, -0.15) is 0 Å². The SMILES string of the molecule is CCCCCCCCc1c[c]oc1Br. The highest BCUT2D eigenvalue weighted by Crippen LogP contribution is 2.19. The number of furan rings is 1. The molecule has 2 heteroatoms. The third kappa shape index (κ3) is 4.32. The van der Waals surface area contributed by atoms with E-state index < -0.39 is 0 Å². The van der Waals surface area contributed by atoms with Crippen LogP contribution in [0.4, 0.5) is 0 Å². The van der Waals surface area contributed by atoms with Crippen LogP contribution in [0.25, 0.3) is 0 Å². The lowest BCUT2D eigenvalue weighted by Gasteiger charge is -1.99. The first-order valence-corrected chi connectivity index (χ1v) is 6.28. The van der Waals surface area contributed by atoms with Crippen LogP contribution in [-0.2, 0) is 6.42 Å². The summed E-state index contributed by atoms with van der Waals surface area (Å²) in [6, 6.07) is 1.93. The maximum absolute atomic E-state index is 5.05. The van der Waals surface area contributed by atoms with Crippen LogP contribution in [0.3, 0.4) is 0 Å². The van der Waals surface area contributed by atoms with Crippen LogP contribution in [0, 0.1) is 6.26 Å². The summed E-state index contributed by atoms with van der Waals surface area (Å²) < 4.78 is 5.90. The highest BCUT2D eigenvalue weighted by molar-refractivity contribution is 9.10. The van der Waals surface area contributed by atoms with Gasteiger partial charge in [0.2, 0.25) is 0 Å². The first kappa shape index (κ1) is 11.8. The van der Waals surface area contributed by atoms with Gasteiger partial charge in [-0.1, -0.05) is 39.0 Å². The Bertz CT molecular complexity index is 242. The van der Waals surface area contributed by atoms with Crippen molar-refractivity contribution in [3.8, 4) is 0 Å². The lowest BCUT2D eigenvalue weighted by Crippen LogP contribution is -1.84. The van der Waals surface area contributed by atoms with Crippen molar-refractivity contribution in [1.82, 2.24) is 0 Å². The van der Waals surface area contributed by atoms with Gasteiger partial charge in [0.25, 0.3) is 0 Å². The van der Waals surface area contributed by atoms with Crippen molar-refractivity contribution in [2.75, 3.05) is 0 Å². The van der Waals surface area contributed by atoms with E-state index in [0.29, 0.717) is 0 Å². The van der Waals surface area contributed by atoms with Crippen molar-refractivity contribution in [2.45, 2.75) is 51.9 Å². The van der Waals surface area contributed by atoms with Crippen LogP contribution in [-0.4, -0.2) is 0 Å². The molecule has 1 rings (SSSR count). The maximum Gasteiger partial charge on any atom is 0.173 e. The molecule has 79 valence electrons. The van der Waals surface area contributed by atoms with Crippen LogP contribution < -0.4 is 0 Å². The average molecular weight is 258 g/mol. The highest BCUT2D eigenvalue weighted by atomic mass is 79.9. The van der Waals surface area contributed by atoms with Gasteiger partial charge in [-0.15, -0.1) is 0 Å². The minimum Gasteiger partial charge on any atom is -0.446 e. The van der Waals surface area contributed by atoms with Gasteiger partial charge in [0.1, 0.15) is 0 Å².